The summed E-state index contributed by atoms with van der Waals surface area (Å²) in [5.41, 5.74) is 1.16. The molecule has 0 unspecified atom stereocenters. The zero-order valence-electron chi connectivity index (χ0n) is 12.5. The highest BCUT2D eigenvalue weighted by molar-refractivity contribution is 5.37. The van der Waals surface area contributed by atoms with Crippen molar-refractivity contribution in [1.29, 1.82) is 0 Å². The van der Waals surface area contributed by atoms with E-state index < -0.39 is 0 Å². The van der Waals surface area contributed by atoms with Crippen molar-refractivity contribution in [3.8, 4) is 0 Å². The van der Waals surface area contributed by atoms with Crippen LogP contribution in [0.2, 0.25) is 0 Å². The van der Waals surface area contributed by atoms with Crippen LogP contribution in [0.1, 0.15) is 52.1 Å². The Balaban J connectivity index is 1.97. The average molecular weight is 262 g/mol. The van der Waals surface area contributed by atoms with Crippen molar-refractivity contribution in [2.45, 2.75) is 64.0 Å². The van der Waals surface area contributed by atoms with Crippen LogP contribution in [0.3, 0.4) is 0 Å². The van der Waals surface area contributed by atoms with Crippen molar-refractivity contribution in [1.82, 2.24) is 15.3 Å². The van der Waals surface area contributed by atoms with Crippen LogP contribution in [0, 0.1) is 0 Å². The quantitative estimate of drug-likeness (QED) is 0.879. The second kappa shape index (κ2) is 5.87. The summed E-state index contributed by atoms with van der Waals surface area (Å²) >= 11 is 0. The van der Waals surface area contributed by atoms with Gasteiger partial charge in [-0.15, -0.1) is 0 Å². The van der Waals surface area contributed by atoms with Gasteiger partial charge in [-0.25, -0.2) is 9.97 Å². The zero-order chi connectivity index (χ0) is 13.9. The second-order valence-electron chi connectivity index (χ2n) is 6.52. The van der Waals surface area contributed by atoms with Crippen LogP contribution in [0.5, 0.6) is 0 Å². The topological polar surface area (TPSA) is 49.8 Å². The van der Waals surface area contributed by atoms with E-state index in [2.05, 4.69) is 54.5 Å². The fourth-order valence-corrected chi connectivity index (χ4v) is 2.58. The second-order valence-corrected chi connectivity index (χ2v) is 6.52. The average Bonchev–Trinajstić information content (AvgIpc) is 2.39. The first-order valence-electron chi connectivity index (χ1n) is 7.25. The Morgan fingerprint density at radius 2 is 1.68 bits per heavy atom. The Morgan fingerprint density at radius 3 is 2.26 bits per heavy atom. The van der Waals surface area contributed by atoms with Gasteiger partial charge in [-0.1, -0.05) is 20.8 Å². The molecule has 1 saturated carbocycles. The minimum Gasteiger partial charge on any atom is -0.367 e. The number of aromatic nitrogens is 2. The maximum Gasteiger partial charge on any atom is 0.129 e. The lowest BCUT2D eigenvalue weighted by Crippen LogP contribution is -2.35. The van der Waals surface area contributed by atoms with Gasteiger partial charge in [-0.05, 0) is 32.7 Å². The fourth-order valence-electron chi connectivity index (χ4n) is 2.58. The lowest BCUT2D eigenvalue weighted by molar-refractivity contribution is 0.371. The van der Waals surface area contributed by atoms with E-state index in [9.17, 15) is 0 Å². The number of nitrogens with one attached hydrogen (secondary N) is 2. The standard InChI is InChI=1S/C15H26N4/c1-15(2,3)13-9-14(18-10-17-13)19-12-7-5-11(16-4)6-8-12/h9-12,16H,5-8H2,1-4H3,(H,17,18,19). The number of anilines is 1. The van der Waals surface area contributed by atoms with Crippen LogP contribution in [0.25, 0.3) is 0 Å². The summed E-state index contributed by atoms with van der Waals surface area (Å²) in [6, 6.07) is 3.32. The van der Waals surface area contributed by atoms with Crippen molar-refractivity contribution >= 4 is 5.82 Å². The molecule has 1 aliphatic rings. The van der Waals surface area contributed by atoms with E-state index in [4.69, 9.17) is 0 Å². The molecule has 1 fully saturated rings. The van der Waals surface area contributed by atoms with Gasteiger partial charge in [0.1, 0.15) is 12.1 Å². The summed E-state index contributed by atoms with van der Waals surface area (Å²) in [5, 5.41) is 6.92. The number of rotatable bonds is 3. The summed E-state index contributed by atoms with van der Waals surface area (Å²) in [5.74, 6) is 0.966. The lowest BCUT2D eigenvalue weighted by Gasteiger charge is -2.29. The van der Waals surface area contributed by atoms with Crippen LogP contribution in [-0.2, 0) is 5.41 Å². The van der Waals surface area contributed by atoms with E-state index in [0.717, 1.165) is 11.5 Å². The molecule has 1 aromatic heterocycles. The highest BCUT2D eigenvalue weighted by atomic mass is 15.0. The maximum atomic E-state index is 4.37. The van der Waals surface area contributed by atoms with E-state index >= 15 is 0 Å². The molecule has 1 aliphatic carbocycles. The summed E-state index contributed by atoms with van der Waals surface area (Å²) < 4.78 is 0. The number of nitrogens with zero attached hydrogens (tertiary/aromatic N) is 2. The predicted molar refractivity (Wildman–Crippen MR) is 79.5 cm³/mol. The van der Waals surface area contributed by atoms with Crippen molar-refractivity contribution in [3.63, 3.8) is 0 Å². The molecule has 2 N–H and O–H groups in total. The zero-order valence-corrected chi connectivity index (χ0v) is 12.5. The smallest absolute Gasteiger partial charge is 0.129 e. The van der Waals surface area contributed by atoms with Crippen LogP contribution in [0.15, 0.2) is 12.4 Å². The third-order valence-corrected chi connectivity index (χ3v) is 3.92. The minimum absolute atomic E-state index is 0.0726. The van der Waals surface area contributed by atoms with Crippen LogP contribution >= 0.6 is 0 Å². The van der Waals surface area contributed by atoms with Crippen molar-refractivity contribution < 1.29 is 0 Å². The molecule has 0 amide bonds. The monoisotopic (exact) mass is 262 g/mol. The summed E-state index contributed by atoms with van der Waals surface area (Å²) in [6.45, 7) is 6.53. The molecule has 4 nitrogen and oxygen atoms in total. The predicted octanol–water partition coefficient (Wildman–Crippen LogP) is 2.72. The summed E-state index contributed by atoms with van der Waals surface area (Å²) in [7, 11) is 2.05. The molecular weight excluding hydrogens is 236 g/mol. The van der Waals surface area contributed by atoms with Gasteiger partial charge in [0.2, 0.25) is 0 Å². The van der Waals surface area contributed by atoms with E-state index in [1.54, 1.807) is 6.33 Å². The van der Waals surface area contributed by atoms with Crippen LogP contribution < -0.4 is 10.6 Å². The van der Waals surface area contributed by atoms with E-state index in [0.29, 0.717) is 12.1 Å². The molecule has 2 rings (SSSR count). The Bertz CT molecular complexity index is 403. The first kappa shape index (κ1) is 14.3. The first-order valence-corrected chi connectivity index (χ1v) is 7.25. The Labute approximate surface area is 116 Å². The van der Waals surface area contributed by atoms with Gasteiger partial charge in [-0.3, -0.25) is 0 Å². The third-order valence-electron chi connectivity index (χ3n) is 3.92. The lowest BCUT2D eigenvalue weighted by atomic mass is 9.90. The molecule has 1 heterocycles. The molecular formula is C15H26N4. The summed E-state index contributed by atoms with van der Waals surface area (Å²) in [4.78, 5) is 8.72. The normalized spacial score (nSPS) is 24.2. The van der Waals surface area contributed by atoms with Gasteiger partial charge in [0.15, 0.2) is 0 Å². The van der Waals surface area contributed by atoms with Gasteiger partial charge in [0.25, 0.3) is 0 Å². The molecule has 0 aromatic carbocycles. The van der Waals surface area contributed by atoms with Gasteiger partial charge < -0.3 is 10.6 Å². The summed E-state index contributed by atoms with van der Waals surface area (Å²) in [6.07, 6.45) is 6.57. The number of hydrogen-bond acceptors (Lipinski definition) is 4. The van der Waals surface area contributed by atoms with Crippen LogP contribution in [0.4, 0.5) is 5.82 Å². The van der Waals surface area contributed by atoms with Gasteiger partial charge in [0.05, 0.1) is 5.69 Å². The molecule has 0 bridgehead atoms. The third kappa shape index (κ3) is 3.90. The van der Waals surface area contributed by atoms with E-state index in [1.807, 2.05) is 0 Å². The molecule has 19 heavy (non-hydrogen) atoms. The van der Waals surface area contributed by atoms with E-state index in [-0.39, 0.29) is 5.41 Å². The number of hydrogen-bond donors (Lipinski definition) is 2. The molecule has 4 heteroatoms. The maximum absolute atomic E-state index is 4.37. The molecule has 106 valence electrons. The van der Waals surface area contributed by atoms with Crippen molar-refractivity contribution in [3.05, 3.63) is 18.1 Å². The molecule has 0 radical (unpaired) electrons. The van der Waals surface area contributed by atoms with Gasteiger partial charge in [0, 0.05) is 23.6 Å². The minimum atomic E-state index is 0.0726. The highest BCUT2D eigenvalue weighted by Crippen LogP contribution is 2.24. The van der Waals surface area contributed by atoms with Crippen LogP contribution in [-0.4, -0.2) is 29.1 Å². The SMILES string of the molecule is CNC1CCC(Nc2cc(C(C)(C)C)ncn2)CC1. The van der Waals surface area contributed by atoms with Gasteiger partial charge in [-0.2, -0.15) is 0 Å². The van der Waals surface area contributed by atoms with Crippen molar-refractivity contribution in [2.24, 2.45) is 0 Å². The van der Waals surface area contributed by atoms with Gasteiger partial charge >= 0.3 is 0 Å². The Morgan fingerprint density at radius 1 is 1.05 bits per heavy atom. The Kier molecular flexibility index (Phi) is 4.40. The molecule has 0 aliphatic heterocycles. The first-order chi connectivity index (χ1) is 8.99. The molecule has 0 spiro atoms. The molecule has 1 aromatic rings. The Hall–Kier alpha value is -1.16. The fraction of sp³-hybridized carbons (Fsp3) is 0.733. The molecule has 0 atom stereocenters. The molecule has 0 saturated heterocycles. The largest absolute Gasteiger partial charge is 0.367 e. The van der Waals surface area contributed by atoms with Crippen molar-refractivity contribution in [2.75, 3.05) is 12.4 Å². The highest BCUT2D eigenvalue weighted by Gasteiger charge is 2.21. The van der Waals surface area contributed by atoms with E-state index in [1.165, 1.54) is 25.7 Å².